The second-order valence-electron chi connectivity index (χ2n) is 6.58. The van der Waals surface area contributed by atoms with Crippen molar-refractivity contribution in [3.63, 3.8) is 0 Å². The van der Waals surface area contributed by atoms with Crippen LogP contribution in [0.2, 0.25) is 0 Å². The number of fused-ring (bicyclic) bond motifs is 2. The summed E-state index contributed by atoms with van der Waals surface area (Å²) in [5, 5.41) is 14.3. The predicted octanol–water partition coefficient (Wildman–Crippen LogP) is 3.68. The first-order valence-electron chi connectivity index (χ1n) is 8.39. The first-order chi connectivity index (χ1) is 12.4. The van der Waals surface area contributed by atoms with Gasteiger partial charge in [-0.05, 0) is 56.5 Å². The molecule has 0 aliphatic carbocycles. The van der Waals surface area contributed by atoms with E-state index in [2.05, 4.69) is 15.1 Å². The van der Waals surface area contributed by atoms with Gasteiger partial charge in [0.25, 0.3) is 0 Å². The molecule has 0 aliphatic rings. The Labute approximate surface area is 149 Å². The smallest absolute Gasteiger partial charge is 0.247 e. The van der Waals surface area contributed by atoms with Gasteiger partial charge in [-0.25, -0.2) is 8.91 Å². The Morgan fingerprint density at radius 1 is 1.35 bits per heavy atom. The number of aryl methyl sites for hydroxylation is 2. The molecule has 0 radical (unpaired) electrons. The molecule has 134 valence electrons. The van der Waals surface area contributed by atoms with Crippen molar-refractivity contribution < 1.29 is 14.2 Å². The lowest BCUT2D eigenvalue weighted by atomic mass is 10.1. The van der Waals surface area contributed by atoms with Crippen LogP contribution in [-0.4, -0.2) is 30.8 Å². The van der Waals surface area contributed by atoms with Gasteiger partial charge in [0.15, 0.2) is 11.6 Å². The minimum absolute atomic E-state index is 0.106. The van der Waals surface area contributed by atoms with E-state index in [0.29, 0.717) is 17.3 Å². The minimum Gasteiger partial charge on any atom is -0.434 e. The molecule has 3 heterocycles. The topological polar surface area (TPSA) is 75.4 Å². The fraction of sp³-hybridized carbons (Fsp3) is 0.263. The van der Waals surface area contributed by atoms with E-state index in [1.165, 1.54) is 6.33 Å². The molecule has 0 spiro atoms. The maximum Gasteiger partial charge on any atom is 0.247 e. The summed E-state index contributed by atoms with van der Waals surface area (Å²) >= 11 is 0. The zero-order valence-corrected chi connectivity index (χ0v) is 14.7. The van der Waals surface area contributed by atoms with Crippen LogP contribution >= 0.6 is 0 Å². The van der Waals surface area contributed by atoms with E-state index in [1.807, 2.05) is 20.0 Å². The summed E-state index contributed by atoms with van der Waals surface area (Å²) in [6.07, 6.45) is 3.23. The number of aromatic nitrogens is 4. The SMILES string of the molecule is Cc1cc2c(F)c(Oc3ncnn4cc(CC(C)O)c(C)c34)ccc2[nH]1. The maximum atomic E-state index is 14.8. The molecule has 0 bridgehead atoms. The highest BCUT2D eigenvalue weighted by atomic mass is 19.1. The number of benzene rings is 1. The van der Waals surface area contributed by atoms with E-state index in [1.54, 1.807) is 29.6 Å². The van der Waals surface area contributed by atoms with Crippen LogP contribution in [0.3, 0.4) is 0 Å². The molecule has 0 fully saturated rings. The van der Waals surface area contributed by atoms with Gasteiger partial charge in [0, 0.05) is 22.8 Å². The fourth-order valence-electron chi connectivity index (χ4n) is 3.25. The summed E-state index contributed by atoms with van der Waals surface area (Å²) < 4.78 is 22.3. The van der Waals surface area contributed by atoms with Crippen molar-refractivity contribution in [3.05, 3.63) is 53.4 Å². The average molecular weight is 354 g/mol. The highest BCUT2D eigenvalue weighted by Gasteiger charge is 2.18. The number of hydrogen-bond acceptors (Lipinski definition) is 4. The highest BCUT2D eigenvalue weighted by Crippen LogP contribution is 2.33. The minimum atomic E-state index is -0.472. The van der Waals surface area contributed by atoms with Crippen molar-refractivity contribution in [1.82, 2.24) is 19.6 Å². The van der Waals surface area contributed by atoms with Crippen LogP contribution in [0.1, 0.15) is 23.7 Å². The molecular weight excluding hydrogens is 335 g/mol. The number of ether oxygens (including phenoxy) is 1. The molecule has 4 rings (SSSR count). The van der Waals surface area contributed by atoms with Crippen molar-refractivity contribution in [2.45, 2.75) is 33.3 Å². The molecule has 7 heteroatoms. The van der Waals surface area contributed by atoms with Gasteiger partial charge in [-0.3, -0.25) is 0 Å². The first kappa shape index (κ1) is 16.5. The zero-order chi connectivity index (χ0) is 18.4. The van der Waals surface area contributed by atoms with Crippen molar-refractivity contribution in [1.29, 1.82) is 0 Å². The van der Waals surface area contributed by atoms with Gasteiger partial charge in [-0.15, -0.1) is 0 Å². The van der Waals surface area contributed by atoms with Crippen molar-refractivity contribution in [3.8, 4) is 11.6 Å². The second-order valence-corrected chi connectivity index (χ2v) is 6.58. The first-order valence-corrected chi connectivity index (χ1v) is 8.39. The third-order valence-corrected chi connectivity index (χ3v) is 4.46. The van der Waals surface area contributed by atoms with E-state index >= 15 is 0 Å². The van der Waals surface area contributed by atoms with Gasteiger partial charge in [-0.2, -0.15) is 10.1 Å². The molecule has 1 aromatic carbocycles. The van der Waals surface area contributed by atoms with E-state index in [0.717, 1.165) is 22.3 Å². The third kappa shape index (κ3) is 2.70. The Morgan fingerprint density at radius 3 is 2.92 bits per heavy atom. The number of nitrogens with one attached hydrogen (secondary N) is 1. The van der Waals surface area contributed by atoms with Crippen LogP contribution in [0.5, 0.6) is 11.6 Å². The number of aliphatic hydroxyl groups is 1. The molecule has 0 saturated carbocycles. The Morgan fingerprint density at radius 2 is 2.15 bits per heavy atom. The third-order valence-electron chi connectivity index (χ3n) is 4.46. The lowest BCUT2D eigenvalue weighted by Gasteiger charge is -2.08. The number of aromatic amines is 1. The van der Waals surface area contributed by atoms with Crippen LogP contribution in [0.4, 0.5) is 4.39 Å². The molecule has 0 amide bonds. The molecule has 4 aromatic rings. The quantitative estimate of drug-likeness (QED) is 0.586. The molecule has 0 aliphatic heterocycles. The van der Waals surface area contributed by atoms with E-state index in [9.17, 15) is 9.50 Å². The number of H-pyrrole nitrogens is 1. The van der Waals surface area contributed by atoms with Crippen LogP contribution in [-0.2, 0) is 6.42 Å². The molecule has 2 N–H and O–H groups in total. The standard InChI is InChI=1S/C19H19FN4O2/c1-10-6-14-15(23-10)4-5-16(17(14)20)26-19-18-12(3)13(7-11(2)25)8-24(18)22-9-21-19/h4-6,8-9,11,23,25H,7H2,1-3H3. The van der Waals surface area contributed by atoms with Crippen molar-refractivity contribution in [2.24, 2.45) is 0 Å². The molecule has 3 aromatic heterocycles. The highest BCUT2D eigenvalue weighted by molar-refractivity contribution is 5.83. The second kappa shape index (κ2) is 6.10. The zero-order valence-electron chi connectivity index (χ0n) is 14.7. The Kier molecular flexibility index (Phi) is 3.88. The van der Waals surface area contributed by atoms with Crippen LogP contribution in [0.25, 0.3) is 16.4 Å². The largest absolute Gasteiger partial charge is 0.434 e. The Balaban J connectivity index is 1.80. The van der Waals surface area contributed by atoms with Gasteiger partial charge >= 0.3 is 0 Å². The maximum absolute atomic E-state index is 14.8. The summed E-state index contributed by atoms with van der Waals surface area (Å²) in [6.45, 7) is 5.52. The van der Waals surface area contributed by atoms with Crippen LogP contribution < -0.4 is 4.74 Å². The Bertz CT molecular complexity index is 1110. The van der Waals surface area contributed by atoms with E-state index in [-0.39, 0.29) is 11.6 Å². The molecule has 0 saturated heterocycles. The molecule has 26 heavy (non-hydrogen) atoms. The summed E-state index contributed by atoms with van der Waals surface area (Å²) in [6, 6.07) is 5.11. The number of aliphatic hydroxyl groups excluding tert-OH is 1. The Hall–Kier alpha value is -2.93. The van der Waals surface area contributed by atoms with Crippen molar-refractivity contribution in [2.75, 3.05) is 0 Å². The number of rotatable bonds is 4. The monoisotopic (exact) mass is 354 g/mol. The summed E-state index contributed by atoms with van der Waals surface area (Å²) in [5.74, 6) is -0.0494. The lowest BCUT2D eigenvalue weighted by molar-refractivity contribution is 0.195. The lowest BCUT2D eigenvalue weighted by Crippen LogP contribution is -2.04. The number of halogens is 1. The molecular formula is C19H19FN4O2. The number of hydrogen-bond donors (Lipinski definition) is 2. The molecule has 1 atom stereocenters. The molecule has 1 unspecified atom stereocenters. The predicted molar refractivity (Wildman–Crippen MR) is 96.2 cm³/mol. The van der Waals surface area contributed by atoms with Crippen LogP contribution in [0, 0.1) is 19.7 Å². The summed E-state index contributed by atoms with van der Waals surface area (Å²) in [7, 11) is 0. The van der Waals surface area contributed by atoms with Gasteiger partial charge < -0.3 is 14.8 Å². The number of nitrogens with zero attached hydrogens (tertiary/aromatic N) is 3. The van der Waals surface area contributed by atoms with E-state index < -0.39 is 11.9 Å². The van der Waals surface area contributed by atoms with Gasteiger partial charge in [0.1, 0.15) is 11.8 Å². The summed E-state index contributed by atoms with van der Waals surface area (Å²) in [5.41, 5.74) is 4.11. The van der Waals surface area contributed by atoms with Gasteiger partial charge in [0.05, 0.1) is 6.10 Å². The van der Waals surface area contributed by atoms with Gasteiger partial charge in [-0.1, -0.05) is 0 Å². The van der Waals surface area contributed by atoms with Crippen molar-refractivity contribution >= 4 is 16.4 Å². The summed E-state index contributed by atoms with van der Waals surface area (Å²) in [4.78, 5) is 7.29. The normalized spacial score (nSPS) is 12.8. The van der Waals surface area contributed by atoms with E-state index in [4.69, 9.17) is 4.74 Å². The molecule has 6 nitrogen and oxygen atoms in total. The van der Waals surface area contributed by atoms with Crippen LogP contribution in [0.15, 0.2) is 30.7 Å². The fourth-order valence-corrected chi connectivity index (χ4v) is 3.25. The van der Waals surface area contributed by atoms with Gasteiger partial charge in [0.2, 0.25) is 5.88 Å². The average Bonchev–Trinajstić information content (AvgIpc) is 3.11.